The maximum absolute atomic E-state index is 10.6. The third kappa shape index (κ3) is 3.88. The van der Waals surface area contributed by atoms with Gasteiger partial charge in [-0.3, -0.25) is 10.1 Å². The standard InChI is InChI=1S/C10H13N5O4/c1-6-8(15(18)19)3-2-7(13-6)10(17)9(16)4-5-12-14-11/h2-3,9-10,16-17H,4-5H2,1H3. The van der Waals surface area contributed by atoms with Gasteiger partial charge < -0.3 is 10.2 Å². The first-order chi connectivity index (χ1) is 8.97. The highest BCUT2D eigenvalue weighted by molar-refractivity contribution is 5.35. The van der Waals surface area contributed by atoms with E-state index in [2.05, 4.69) is 15.0 Å². The second-order valence-electron chi connectivity index (χ2n) is 3.85. The predicted octanol–water partition coefficient (Wildman–Crippen LogP) is 1.39. The van der Waals surface area contributed by atoms with Crippen LogP contribution in [0.5, 0.6) is 0 Å². The molecular formula is C10H13N5O4. The number of hydrogen-bond donors (Lipinski definition) is 2. The smallest absolute Gasteiger partial charge is 0.290 e. The van der Waals surface area contributed by atoms with Gasteiger partial charge in [0.2, 0.25) is 0 Å². The number of rotatable bonds is 6. The zero-order chi connectivity index (χ0) is 14.4. The molecule has 0 aliphatic carbocycles. The summed E-state index contributed by atoms with van der Waals surface area (Å²) in [6.45, 7) is 1.49. The molecule has 1 rings (SSSR count). The van der Waals surface area contributed by atoms with E-state index in [-0.39, 0.29) is 30.0 Å². The van der Waals surface area contributed by atoms with Crippen LogP contribution >= 0.6 is 0 Å². The van der Waals surface area contributed by atoms with Crippen molar-refractivity contribution in [3.63, 3.8) is 0 Å². The van der Waals surface area contributed by atoms with Crippen LogP contribution in [-0.2, 0) is 0 Å². The molecule has 19 heavy (non-hydrogen) atoms. The number of aromatic nitrogens is 1. The van der Waals surface area contributed by atoms with Crippen molar-refractivity contribution in [2.75, 3.05) is 6.54 Å². The lowest BCUT2D eigenvalue weighted by Crippen LogP contribution is -2.20. The Hall–Kier alpha value is -2.22. The molecule has 1 heterocycles. The number of azide groups is 1. The molecule has 9 heteroatoms. The summed E-state index contributed by atoms with van der Waals surface area (Å²) in [7, 11) is 0. The van der Waals surface area contributed by atoms with E-state index >= 15 is 0 Å². The first kappa shape index (κ1) is 14.8. The summed E-state index contributed by atoms with van der Waals surface area (Å²) in [4.78, 5) is 16.5. The molecule has 1 aromatic heterocycles. The third-order valence-corrected chi connectivity index (χ3v) is 2.53. The van der Waals surface area contributed by atoms with Crippen LogP contribution < -0.4 is 0 Å². The molecule has 0 bridgehead atoms. The highest BCUT2D eigenvalue weighted by atomic mass is 16.6. The van der Waals surface area contributed by atoms with E-state index in [1.54, 1.807) is 0 Å². The van der Waals surface area contributed by atoms with Crippen LogP contribution in [0.25, 0.3) is 10.4 Å². The van der Waals surface area contributed by atoms with Crippen LogP contribution in [-0.4, -0.2) is 32.8 Å². The van der Waals surface area contributed by atoms with Gasteiger partial charge in [-0.25, -0.2) is 4.98 Å². The molecular weight excluding hydrogens is 254 g/mol. The number of aliphatic hydroxyl groups is 2. The normalized spacial score (nSPS) is 13.4. The Morgan fingerprint density at radius 2 is 2.26 bits per heavy atom. The molecule has 102 valence electrons. The van der Waals surface area contributed by atoms with E-state index in [0.717, 1.165) is 0 Å². The maximum Gasteiger partial charge on any atom is 0.290 e. The topological polar surface area (TPSA) is 145 Å². The van der Waals surface area contributed by atoms with Crippen molar-refractivity contribution in [1.82, 2.24) is 4.98 Å². The lowest BCUT2D eigenvalue weighted by Gasteiger charge is -2.16. The third-order valence-electron chi connectivity index (χ3n) is 2.53. The fraction of sp³-hybridized carbons (Fsp3) is 0.500. The van der Waals surface area contributed by atoms with E-state index in [4.69, 9.17) is 5.53 Å². The molecule has 0 aliphatic heterocycles. The Bertz CT molecular complexity index is 515. The van der Waals surface area contributed by atoms with Crippen molar-refractivity contribution in [2.24, 2.45) is 5.11 Å². The van der Waals surface area contributed by atoms with E-state index in [1.807, 2.05) is 0 Å². The molecule has 2 N–H and O–H groups in total. The van der Waals surface area contributed by atoms with Gasteiger partial charge in [0.05, 0.1) is 16.7 Å². The highest BCUT2D eigenvalue weighted by Gasteiger charge is 2.21. The Balaban J connectivity index is 2.82. The summed E-state index contributed by atoms with van der Waals surface area (Å²) in [5, 5.41) is 33.3. The average molecular weight is 267 g/mol. The van der Waals surface area contributed by atoms with Crippen molar-refractivity contribution in [3.8, 4) is 0 Å². The summed E-state index contributed by atoms with van der Waals surface area (Å²) < 4.78 is 0. The van der Waals surface area contributed by atoms with Crippen LogP contribution in [0.2, 0.25) is 0 Å². The largest absolute Gasteiger partial charge is 0.390 e. The summed E-state index contributed by atoms with van der Waals surface area (Å²) in [5.74, 6) is 0. The molecule has 1 aromatic rings. The SMILES string of the molecule is Cc1nc(C(O)C(O)CCN=[N+]=[N-])ccc1[N+](=O)[O-]. The Morgan fingerprint density at radius 3 is 2.79 bits per heavy atom. The number of hydrogen-bond acceptors (Lipinski definition) is 6. The van der Waals surface area contributed by atoms with E-state index in [1.165, 1.54) is 19.1 Å². The van der Waals surface area contributed by atoms with Crippen LogP contribution in [0.3, 0.4) is 0 Å². The van der Waals surface area contributed by atoms with Gasteiger partial charge in [0, 0.05) is 17.5 Å². The number of pyridine rings is 1. The van der Waals surface area contributed by atoms with Gasteiger partial charge in [-0.1, -0.05) is 5.11 Å². The molecule has 0 aromatic carbocycles. The van der Waals surface area contributed by atoms with Crippen molar-refractivity contribution in [2.45, 2.75) is 25.6 Å². The second-order valence-corrected chi connectivity index (χ2v) is 3.85. The summed E-state index contributed by atoms with van der Waals surface area (Å²) in [5.41, 5.74) is 8.23. The molecule has 0 aliphatic rings. The minimum Gasteiger partial charge on any atom is -0.390 e. The average Bonchev–Trinajstić information content (AvgIpc) is 2.37. The summed E-state index contributed by atoms with van der Waals surface area (Å²) in [6.07, 6.45) is -2.37. The number of nitro groups is 1. The fourth-order valence-electron chi connectivity index (χ4n) is 1.52. The van der Waals surface area contributed by atoms with Gasteiger partial charge >= 0.3 is 0 Å². The highest BCUT2D eigenvalue weighted by Crippen LogP contribution is 2.22. The van der Waals surface area contributed by atoms with Gasteiger partial charge in [0.15, 0.2) is 0 Å². The zero-order valence-electron chi connectivity index (χ0n) is 10.2. The van der Waals surface area contributed by atoms with Gasteiger partial charge in [-0.2, -0.15) is 0 Å². The van der Waals surface area contributed by atoms with Crippen molar-refractivity contribution in [1.29, 1.82) is 0 Å². The molecule has 0 fully saturated rings. The first-order valence-electron chi connectivity index (χ1n) is 5.46. The van der Waals surface area contributed by atoms with E-state index in [9.17, 15) is 20.3 Å². The van der Waals surface area contributed by atoms with Crippen LogP contribution in [0.4, 0.5) is 5.69 Å². The molecule has 0 amide bonds. The minimum absolute atomic E-state index is 0.0424. The monoisotopic (exact) mass is 267 g/mol. The van der Waals surface area contributed by atoms with Crippen molar-refractivity contribution in [3.05, 3.63) is 44.1 Å². The number of aryl methyl sites for hydroxylation is 1. The second kappa shape index (κ2) is 6.64. The Labute approximate surface area is 108 Å². The molecule has 0 spiro atoms. The summed E-state index contributed by atoms with van der Waals surface area (Å²) in [6, 6.07) is 2.51. The van der Waals surface area contributed by atoms with Crippen LogP contribution in [0, 0.1) is 17.0 Å². The summed E-state index contributed by atoms with van der Waals surface area (Å²) >= 11 is 0. The van der Waals surface area contributed by atoms with Gasteiger partial charge in [-0.15, -0.1) is 0 Å². The molecule has 9 nitrogen and oxygen atoms in total. The van der Waals surface area contributed by atoms with Gasteiger partial charge in [0.1, 0.15) is 11.8 Å². The van der Waals surface area contributed by atoms with Crippen molar-refractivity contribution < 1.29 is 15.1 Å². The number of aliphatic hydroxyl groups excluding tert-OH is 2. The predicted molar refractivity (Wildman–Crippen MR) is 65.2 cm³/mol. The van der Waals surface area contributed by atoms with Crippen LogP contribution in [0.15, 0.2) is 17.2 Å². The maximum atomic E-state index is 10.6. The quantitative estimate of drug-likeness (QED) is 0.263. The van der Waals surface area contributed by atoms with Gasteiger partial charge in [-0.05, 0) is 24.9 Å². The van der Waals surface area contributed by atoms with E-state index in [0.29, 0.717) is 0 Å². The zero-order valence-corrected chi connectivity index (χ0v) is 10.2. The molecule has 0 saturated carbocycles. The molecule has 0 radical (unpaired) electrons. The molecule has 2 atom stereocenters. The number of nitrogens with zero attached hydrogens (tertiary/aromatic N) is 5. The van der Waals surface area contributed by atoms with Crippen LogP contribution in [0.1, 0.15) is 23.9 Å². The lowest BCUT2D eigenvalue weighted by atomic mass is 10.1. The minimum atomic E-state index is -1.28. The Morgan fingerprint density at radius 1 is 1.58 bits per heavy atom. The molecule has 0 saturated heterocycles. The Kier molecular flexibility index (Phi) is 5.19. The van der Waals surface area contributed by atoms with E-state index < -0.39 is 17.1 Å². The molecule has 2 unspecified atom stereocenters. The van der Waals surface area contributed by atoms with Gasteiger partial charge in [0.25, 0.3) is 5.69 Å². The lowest BCUT2D eigenvalue weighted by molar-refractivity contribution is -0.385. The first-order valence-corrected chi connectivity index (χ1v) is 5.46. The fourth-order valence-corrected chi connectivity index (χ4v) is 1.52. The van der Waals surface area contributed by atoms with Crippen molar-refractivity contribution >= 4 is 5.69 Å².